The number of methoxy groups -OCH3 is 2. The Bertz CT molecular complexity index is 552. The van der Waals surface area contributed by atoms with E-state index in [4.69, 9.17) is 9.47 Å². The Kier molecular flexibility index (Phi) is 4.42. The molecule has 2 aromatic rings. The molecule has 2 rings (SSSR count). The van der Waals surface area contributed by atoms with Crippen LogP contribution in [0.15, 0.2) is 42.5 Å². The van der Waals surface area contributed by atoms with Crippen LogP contribution in [0.5, 0.6) is 11.5 Å². The molecule has 0 saturated carbocycles. The van der Waals surface area contributed by atoms with Gasteiger partial charge in [-0.2, -0.15) is 0 Å². The first-order valence-corrected chi connectivity index (χ1v) is 6.24. The summed E-state index contributed by atoms with van der Waals surface area (Å²) in [5.74, 6) is 1.50. The van der Waals surface area contributed by atoms with Crippen molar-refractivity contribution in [2.75, 3.05) is 21.3 Å². The highest BCUT2D eigenvalue weighted by Crippen LogP contribution is 2.32. The van der Waals surface area contributed by atoms with Gasteiger partial charge in [0, 0.05) is 6.54 Å². The second-order valence-electron chi connectivity index (χ2n) is 4.30. The fourth-order valence-corrected chi connectivity index (χ4v) is 2.08. The van der Waals surface area contributed by atoms with E-state index in [9.17, 15) is 0 Å². The Morgan fingerprint density at radius 1 is 0.895 bits per heavy atom. The fraction of sp³-hybridized carbons (Fsp3) is 0.250. The standard InChI is InChI=1S/C16H19NO2/c1-17-11-12-5-4-6-13(9-12)14-7-8-15(18-2)16(10-14)19-3/h4-10,17H,11H2,1-3H3. The van der Waals surface area contributed by atoms with Crippen LogP contribution in [0.1, 0.15) is 5.56 Å². The highest BCUT2D eigenvalue weighted by Gasteiger charge is 2.06. The zero-order valence-corrected chi connectivity index (χ0v) is 11.6. The van der Waals surface area contributed by atoms with Gasteiger partial charge in [0.2, 0.25) is 0 Å². The van der Waals surface area contributed by atoms with E-state index in [2.05, 4.69) is 29.6 Å². The first-order valence-electron chi connectivity index (χ1n) is 6.24. The lowest BCUT2D eigenvalue weighted by Crippen LogP contribution is -2.04. The van der Waals surface area contributed by atoms with Crippen molar-refractivity contribution < 1.29 is 9.47 Å². The van der Waals surface area contributed by atoms with Crippen LogP contribution in [-0.2, 0) is 6.54 Å². The van der Waals surface area contributed by atoms with Crippen molar-refractivity contribution in [3.63, 3.8) is 0 Å². The number of nitrogens with one attached hydrogen (secondary N) is 1. The lowest BCUT2D eigenvalue weighted by Gasteiger charge is -2.10. The molecule has 0 aromatic heterocycles. The Morgan fingerprint density at radius 2 is 1.63 bits per heavy atom. The third-order valence-corrected chi connectivity index (χ3v) is 3.02. The molecule has 0 aliphatic carbocycles. The summed E-state index contributed by atoms with van der Waals surface area (Å²) >= 11 is 0. The summed E-state index contributed by atoms with van der Waals surface area (Å²) < 4.78 is 10.6. The largest absolute Gasteiger partial charge is 0.493 e. The van der Waals surface area contributed by atoms with Gasteiger partial charge in [0.25, 0.3) is 0 Å². The molecule has 2 aromatic carbocycles. The molecule has 100 valence electrons. The van der Waals surface area contributed by atoms with E-state index >= 15 is 0 Å². The van der Waals surface area contributed by atoms with Gasteiger partial charge in [-0.15, -0.1) is 0 Å². The van der Waals surface area contributed by atoms with Gasteiger partial charge in [-0.05, 0) is 41.9 Å². The molecule has 0 bridgehead atoms. The summed E-state index contributed by atoms with van der Waals surface area (Å²) in [6, 6.07) is 14.4. The predicted molar refractivity (Wildman–Crippen MR) is 77.7 cm³/mol. The molecule has 1 N–H and O–H groups in total. The van der Waals surface area contributed by atoms with Gasteiger partial charge < -0.3 is 14.8 Å². The van der Waals surface area contributed by atoms with Gasteiger partial charge >= 0.3 is 0 Å². The van der Waals surface area contributed by atoms with Crippen LogP contribution in [0.4, 0.5) is 0 Å². The molecule has 0 atom stereocenters. The third kappa shape index (κ3) is 3.06. The molecule has 0 heterocycles. The maximum Gasteiger partial charge on any atom is 0.161 e. The van der Waals surface area contributed by atoms with Crippen LogP contribution in [0, 0.1) is 0 Å². The van der Waals surface area contributed by atoms with Gasteiger partial charge in [-0.1, -0.05) is 24.3 Å². The van der Waals surface area contributed by atoms with E-state index in [-0.39, 0.29) is 0 Å². The molecular formula is C16H19NO2. The summed E-state index contributed by atoms with van der Waals surface area (Å²) in [6.45, 7) is 0.862. The normalized spacial score (nSPS) is 10.3. The first-order chi connectivity index (χ1) is 9.28. The molecule has 0 unspecified atom stereocenters. The Balaban J connectivity index is 2.38. The number of hydrogen-bond acceptors (Lipinski definition) is 3. The van der Waals surface area contributed by atoms with E-state index in [1.165, 1.54) is 11.1 Å². The highest BCUT2D eigenvalue weighted by atomic mass is 16.5. The maximum atomic E-state index is 5.34. The molecule has 0 saturated heterocycles. The van der Waals surface area contributed by atoms with E-state index < -0.39 is 0 Å². The number of benzene rings is 2. The molecule has 0 radical (unpaired) electrons. The highest BCUT2D eigenvalue weighted by molar-refractivity contribution is 5.67. The average molecular weight is 257 g/mol. The average Bonchev–Trinajstić information content (AvgIpc) is 2.47. The Morgan fingerprint density at radius 3 is 2.32 bits per heavy atom. The summed E-state index contributed by atoms with van der Waals surface area (Å²) in [5, 5.41) is 3.16. The fourth-order valence-electron chi connectivity index (χ4n) is 2.08. The topological polar surface area (TPSA) is 30.5 Å². The summed E-state index contributed by atoms with van der Waals surface area (Å²) in [6.07, 6.45) is 0. The lowest BCUT2D eigenvalue weighted by atomic mass is 10.0. The van der Waals surface area contributed by atoms with Crippen molar-refractivity contribution in [1.82, 2.24) is 5.32 Å². The zero-order valence-electron chi connectivity index (χ0n) is 11.6. The number of hydrogen-bond donors (Lipinski definition) is 1. The third-order valence-electron chi connectivity index (χ3n) is 3.02. The molecular weight excluding hydrogens is 238 g/mol. The van der Waals surface area contributed by atoms with Gasteiger partial charge in [-0.3, -0.25) is 0 Å². The summed E-state index contributed by atoms with van der Waals surface area (Å²) in [7, 11) is 5.24. The Hall–Kier alpha value is -2.00. The van der Waals surface area contributed by atoms with Gasteiger partial charge in [0.1, 0.15) is 0 Å². The molecule has 0 aliphatic rings. The van der Waals surface area contributed by atoms with Crippen molar-refractivity contribution in [1.29, 1.82) is 0 Å². The second-order valence-corrected chi connectivity index (χ2v) is 4.30. The van der Waals surface area contributed by atoms with Gasteiger partial charge in [-0.25, -0.2) is 0 Å². The van der Waals surface area contributed by atoms with Crippen LogP contribution in [0.3, 0.4) is 0 Å². The first kappa shape index (κ1) is 13.4. The van der Waals surface area contributed by atoms with E-state index in [0.29, 0.717) is 0 Å². The quantitative estimate of drug-likeness (QED) is 0.893. The van der Waals surface area contributed by atoms with E-state index in [0.717, 1.165) is 23.6 Å². The smallest absolute Gasteiger partial charge is 0.161 e. The molecule has 3 nitrogen and oxygen atoms in total. The van der Waals surface area contributed by atoms with Gasteiger partial charge in [0.15, 0.2) is 11.5 Å². The number of rotatable bonds is 5. The van der Waals surface area contributed by atoms with Crippen LogP contribution in [0.25, 0.3) is 11.1 Å². The minimum Gasteiger partial charge on any atom is -0.493 e. The SMILES string of the molecule is CNCc1cccc(-c2ccc(OC)c(OC)c2)c1. The summed E-state index contributed by atoms with van der Waals surface area (Å²) in [4.78, 5) is 0. The van der Waals surface area contributed by atoms with Crippen molar-refractivity contribution >= 4 is 0 Å². The molecule has 0 aliphatic heterocycles. The van der Waals surface area contributed by atoms with Crippen molar-refractivity contribution in [2.24, 2.45) is 0 Å². The zero-order chi connectivity index (χ0) is 13.7. The minimum atomic E-state index is 0.748. The summed E-state index contributed by atoms with van der Waals surface area (Å²) in [5.41, 5.74) is 3.55. The second kappa shape index (κ2) is 6.25. The van der Waals surface area contributed by atoms with E-state index in [1.807, 2.05) is 25.2 Å². The van der Waals surface area contributed by atoms with Crippen LogP contribution in [0.2, 0.25) is 0 Å². The predicted octanol–water partition coefficient (Wildman–Crippen LogP) is 3.09. The van der Waals surface area contributed by atoms with Crippen LogP contribution in [-0.4, -0.2) is 21.3 Å². The Labute approximate surface area is 114 Å². The number of ether oxygens (including phenoxy) is 2. The van der Waals surface area contributed by atoms with Gasteiger partial charge in [0.05, 0.1) is 14.2 Å². The van der Waals surface area contributed by atoms with Crippen molar-refractivity contribution in [3.05, 3.63) is 48.0 Å². The molecule has 0 fully saturated rings. The van der Waals surface area contributed by atoms with Crippen molar-refractivity contribution in [2.45, 2.75) is 6.54 Å². The molecule has 0 spiro atoms. The molecule has 0 amide bonds. The lowest BCUT2D eigenvalue weighted by molar-refractivity contribution is 0.355. The molecule has 3 heteroatoms. The van der Waals surface area contributed by atoms with E-state index in [1.54, 1.807) is 14.2 Å². The maximum absolute atomic E-state index is 5.34. The van der Waals surface area contributed by atoms with Crippen LogP contribution >= 0.6 is 0 Å². The van der Waals surface area contributed by atoms with Crippen LogP contribution < -0.4 is 14.8 Å². The van der Waals surface area contributed by atoms with Crippen molar-refractivity contribution in [3.8, 4) is 22.6 Å². The minimum absolute atomic E-state index is 0.748. The molecule has 19 heavy (non-hydrogen) atoms. The monoisotopic (exact) mass is 257 g/mol.